The van der Waals surface area contributed by atoms with E-state index in [0.29, 0.717) is 0 Å². The molecule has 0 N–H and O–H groups in total. The molecule has 0 fully saturated rings. The van der Waals surface area contributed by atoms with Crippen molar-refractivity contribution in [2.24, 2.45) is 0 Å². The zero-order valence-corrected chi connectivity index (χ0v) is 35.3. The molecule has 43 heavy (non-hydrogen) atoms. The fourth-order valence-corrected chi connectivity index (χ4v) is 31.4. The molecule has 3 nitrogen and oxygen atoms in total. The maximum absolute atomic E-state index is 7.06. The molecule has 0 aromatic rings. The van der Waals surface area contributed by atoms with Crippen molar-refractivity contribution in [3.8, 4) is 46.2 Å². The lowest BCUT2D eigenvalue weighted by atomic mass is 8.60. The maximum Gasteiger partial charge on any atom is 0.257 e. The molecule has 0 saturated carbocycles. The summed E-state index contributed by atoms with van der Waals surface area (Å²) in [5.74, 6) is 14.7. The van der Waals surface area contributed by atoms with E-state index in [-0.39, 0.29) is 18.3 Å². The van der Waals surface area contributed by atoms with E-state index in [1.165, 1.54) is 0 Å². The van der Waals surface area contributed by atoms with Gasteiger partial charge in [-0.05, 0) is 122 Å². The minimum Gasteiger partial charge on any atom is -0.456 e. The maximum atomic E-state index is 7.06. The third kappa shape index (κ3) is 17.5. The van der Waals surface area contributed by atoms with Gasteiger partial charge in [0.05, 0.1) is 0 Å². The average Bonchev–Trinajstić information content (AvgIpc) is 2.75. The summed E-state index contributed by atoms with van der Waals surface area (Å²) in [6, 6.07) is 0.810. The summed E-state index contributed by atoms with van der Waals surface area (Å²) in [6.07, 6.45) is -1.76. The first-order valence-corrected chi connectivity index (χ1v) is 33.1. The fraction of sp³-hybridized carbons (Fsp3) is 0.667. The van der Waals surface area contributed by atoms with E-state index in [4.69, 9.17) is 51.0 Å². The van der Waals surface area contributed by atoms with Crippen LogP contribution in [0.25, 0.3) is 0 Å². The van der Waals surface area contributed by atoms with Crippen LogP contribution in [0.4, 0.5) is 0 Å². The van der Waals surface area contributed by atoms with Gasteiger partial charge in [0.1, 0.15) is 0 Å². The van der Waals surface area contributed by atoms with Gasteiger partial charge in [-0.25, -0.2) is 0 Å². The van der Waals surface area contributed by atoms with Crippen molar-refractivity contribution in [2.75, 3.05) is 0 Å². The molecule has 0 rings (SSSR count). The van der Waals surface area contributed by atoms with Crippen LogP contribution in [0.15, 0.2) is 0 Å². The highest BCUT2D eigenvalue weighted by atomic mass is 28.4. The van der Waals surface area contributed by atoms with Gasteiger partial charge < -0.3 is 12.3 Å². The van der Waals surface area contributed by atoms with E-state index in [9.17, 15) is 0 Å². The Kier molecular flexibility index (Phi) is 17.3. The summed E-state index contributed by atoms with van der Waals surface area (Å²) >= 11 is 0. The van der Waals surface area contributed by atoms with E-state index in [0.717, 1.165) is 6.04 Å². The second-order valence-electron chi connectivity index (χ2n) is 14.8. The van der Waals surface area contributed by atoms with Crippen molar-refractivity contribution >= 4 is 121 Å². The van der Waals surface area contributed by atoms with Crippen molar-refractivity contribution in [3.05, 3.63) is 0 Å². The SMILES string of the molecule is [B][B]B(B([B])[B])B(B([B])[B])C(C[Si](C)(C)O[Si](C)(C)C)[Si](C)(C)O[Si](C)(C)C#CC#C[Si](C)(C)O[Si](C)(C)C#CC#CC. The first-order chi connectivity index (χ1) is 19.2. The number of rotatable bonds is 14. The molecule has 0 bridgehead atoms. The molecule has 0 spiro atoms. The van der Waals surface area contributed by atoms with Gasteiger partial charge in [-0.1, -0.05) is 28.0 Å². The summed E-state index contributed by atoms with van der Waals surface area (Å²) < 4.78 is 20.2. The van der Waals surface area contributed by atoms with Gasteiger partial charge in [-0.15, -0.1) is 0 Å². The van der Waals surface area contributed by atoms with Crippen LogP contribution in [-0.4, -0.2) is 121 Å². The van der Waals surface area contributed by atoms with Gasteiger partial charge in [-0.3, -0.25) is 0 Å². The van der Waals surface area contributed by atoms with Gasteiger partial charge in [0, 0.05) is 71.4 Å². The minimum absolute atomic E-state index is 0.00462. The highest BCUT2D eigenvalue weighted by Crippen LogP contribution is 2.38. The molecular formula is C24H45B10O3Si6. The molecule has 213 valence electrons. The zero-order valence-electron chi connectivity index (χ0n) is 29.3. The lowest BCUT2D eigenvalue weighted by Gasteiger charge is -2.48. The van der Waals surface area contributed by atoms with Crippen LogP contribution in [0.5, 0.6) is 0 Å². The van der Waals surface area contributed by atoms with E-state index in [1.807, 2.05) is 0 Å². The van der Waals surface area contributed by atoms with E-state index < -0.39 is 62.7 Å². The third-order valence-electron chi connectivity index (χ3n) is 6.58. The topological polar surface area (TPSA) is 27.7 Å². The van der Waals surface area contributed by atoms with Crippen LogP contribution in [-0.2, 0) is 12.3 Å². The Labute approximate surface area is 281 Å². The molecule has 19 heteroatoms. The van der Waals surface area contributed by atoms with E-state index >= 15 is 0 Å². The van der Waals surface area contributed by atoms with Crippen molar-refractivity contribution in [1.82, 2.24) is 0 Å². The normalized spacial score (nSPS) is 12.9. The molecule has 0 amide bonds. The standard InChI is InChI=1S/C24H45B10O3Si6/c1-15-16-17-20-39(5,6)36-40(7,8)21-18-19-22-41(9,10)37-43(13,14)24(23-42(11,12)35-38(2,3)4)31(32(26)27)34(30-25)33(28)29/h24H,23H2,1-14H3. The molecule has 0 aromatic carbocycles. The van der Waals surface area contributed by atoms with E-state index in [2.05, 4.69) is 131 Å². The highest BCUT2D eigenvalue weighted by Gasteiger charge is 2.50. The summed E-state index contributed by atoms with van der Waals surface area (Å²) in [5.41, 5.74) is 9.88. The molecule has 0 aliphatic carbocycles. The van der Waals surface area contributed by atoms with Gasteiger partial charge in [0.2, 0.25) is 0 Å². The Balaban J connectivity index is 6.40. The minimum atomic E-state index is -2.55. The lowest BCUT2D eigenvalue weighted by molar-refractivity contribution is 0.531. The predicted octanol–water partition coefficient (Wildman–Crippen LogP) is 2.62. The Morgan fingerprint density at radius 1 is 0.628 bits per heavy atom. The van der Waals surface area contributed by atoms with Crippen molar-refractivity contribution in [2.45, 2.75) is 104 Å². The van der Waals surface area contributed by atoms with E-state index in [1.54, 1.807) is 14.0 Å². The molecular weight excluding hydrogens is 613 g/mol. The van der Waals surface area contributed by atoms with Crippen LogP contribution in [0.3, 0.4) is 0 Å². The Morgan fingerprint density at radius 3 is 1.40 bits per heavy atom. The quantitative estimate of drug-likeness (QED) is 0.213. The molecule has 0 aromatic heterocycles. The smallest absolute Gasteiger partial charge is 0.257 e. The Bertz CT molecular complexity index is 1180. The van der Waals surface area contributed by atoms with Gasteiger partial charge in [0.25, 0.3) is 25.0 Å². The summed E-state index contributed by atoms with van der Waals surface area (Å²) in [5, 5.41) is 0. The van der Waals surface area contributed by atoms with Gasteiger partial charge >= 0.3 is 0 Å². The monoisotopic (exact) mass is 659 g/mol. The highest BCUT2D eigenvalue weighted by molar-refractivity contribution is 7.96. The molecule has 0 aliphatic rings. The van der Waals surface area contributed by atoms with Crippen molar-refractivity contribution < 1.29 is 12.3 Å². The summed E-state index contributed by atoms with van der Waals surface area (Å²) in [4.78, 5) is 0. The van der Waals surface area contributed by atoms with Gasteiger partial charge in [0.15, 0.2) is 25.0 Å². The second-order valence-corrected chi connectivity index (χ2v) is 39.1. The summed E-state index contributed by atoms with van der Waals surface area (Å²) in [7, 11) is 19.5. The first-order valence-electron chi connectivity index (χ1n) is 14.9. The molecule has 1 unspecified atom stereocenters. The van der Waals surface area contributed by atoms with Crippen molar-refractivity contribution in [1.29, 1.82) is 0 Å². The zero-order chi connectivity index (χ0) is 34.1. The number of hydrogen-bond donors (Lipinski definition) is 0. The first kappa shape index (κ1) is 43.1. The Hall–Kier alpha value is 0.0706. The molecule has 0 heterocycles. The predicted molar refractivity (Wildman–Crippen MR) is 217 cm³/mol. The molecule has 1 atom stereocenters. The molecule has 0 saturated heterocycles. The second kappa shape index (κ2) is 17.3. The Morgan fingerprint density at radius 2 is 1.05 bits per heavy atom. The van der Waals surface area contributed by atoms with Crippen LogP contribution < -0.4 is 0 Å². The van der Waals surface area contributed by atoms with Crippen molar-refractivity contribution in [3.63, 3.8) is 0 Å². The fourth-order valence-electron chi connectivity index (χ4n) is 5.61. The van der Waals surface area contributed by atoms with Crippen LogP contribution in [0.2, 0.25) is 96.6 Å². The van der Waals surface area contributed by atoms with Crippen LogP contribution in [0.1, 0.15) is 6.92 Å². The molecule has 11 radical (unpaired) electrons. The average molecular weight is 658 g/mol. The third-order valence-corrected chi connectivity index (χ3v) is 25.9. The van der Waals surface area contributed by atoms with Crippen LogP contribution in [0, 0.1) is 46.2 Å². The molecule has 0 aliphatic heterocycles. The summed E-state index contributed by atoms with van der Waals surface area (Å²) in [6.45, 7) is 29.6. The van der Waals surface area contributed by atoms with Gasteiger partial charge in [-0.2, -0.15) is 0 Å². The number of hydrogen-bond acceptors (Lipinski definition) is 3. The van der Waals surface area contributed by atoms with Crippen LogP contribution >= 0.6 is 0 Å². The lowest BCUT2D eigenvalue weighted by Crippen LogP contribution is -2.69. The largest absolute Gasteiger partial charge is 0.456 e.